The van der Waals surface area contributed by atoms with Crippen LogP contribution in [-0.2, 0) is 10.0 Å². The van der Waals surface area contributed by atoms with E-state index in [0.29, 0.717) is 43.1 Å². The first-order valence-corrected chi connectivity index (χ1v) is 10.3. The SMILES string of the molecule is Cc1cc(C)c(C(=O)N2CCN(c3ccccc3S(N)(=O)=O)CC2)cc1N. The fraction of sp³-hybridized carbons (Fsp3) is 0.316. The van der Waals surface area contributed by atoms with E-state index in [2.05, 4.69) is 0 Å². The number of anilines is 2. The fourth-order valence-electron chi connectivity index (χ4n) is 3.38. The van der Waals surface area contributed by atoms with Crippen molar-refractivity contribution in [3.63, 3.8) is 0 Å². The highest BCUT2D eigenvalue weighted by Gasteiger charge is 2.26. The second-order valence-electron chi connectivity index (χ2n) is 6.82. The third-order valence-electron chi connectivity index (χ3n) is 4.92. The number of para-hydroxylation sites is 1. The number of carbonyl (C=O) groups is 1. The Morgan fingerprint density at radius 1 is 1.00 bits per heavy atom. The van der Waals surface area contributed by atoms with Crippen molar-refractivity contribution in [3.05, 3.63) is 53.1 Å². The summed E-state index contributed by atoms with van der Waals surface area (Å²) < 4.78 is 23.7. The van der Waals surface area contributed by atoms with E-state index in [1.54, 1.807) is 29.2 Å². The second kappa shape index (κ2) is 7.21. The lowest BCUT2D eigenvalue weighted by atomic mass is 10.0. The number of nitrogens with two attached hydrogens (primary N) is 2. The monoisotopic (exact) mass is 388 g/mol. The Hall–Kier alpha value is -2.58. The van der Waals surface area contributed by atoms with Crippen LogP contribution in [0.3, 0.4) is 0 Å². The molecule has 0 atom stereocenters. The molecule has 27 heavy (non-hydrogen) atoms. The van der Waals surface area contributed by atoms with Crippen LogP contribution in [0.5, 0.6) is 0 Å². The van der Waals surface area contributed by atoms with Crippen molar-refractivity contribution in [1.82, 2.24) is 4.90 Å². The summed E-state index contributed by atoms with van der Waals surface area (Å²) in [6.07, 6.45) is 0. The minimum absolute atomic E-state index is 0.0569. The van der Waals surface area contributed by atoms with Crippen LogP contribution in [0.15, 0.2) is 41.3 Å². The van der Waals surface area contributed by atoms with E-state index in [9.17, 15) is 13.2 Å². The molecule has 1 aliphatic rings. The molecule has 0 bridgehead atoms. The zero-order valence-corrected chi connectivity index (χ0v) is 16.3. The first-order valence-electron chi connectivity index (χ1n) is 8.71. The molecule has 144 valence electrons. The third-order valence-corrected chi connectivity index (χ3v) is 5.88. The highest BCUT2D eigenvalue weighted by Crippen LogP contribution is 2.26. The summed E-state index contributed by atoms with van der Waals surface area (Å²) in [5.41, 5.74) is 9.60. The van der Waals surface area contributed by atoms with Crippen LogP contribution in [-0.4, -0.2) is 45.4 Å². The third kappa shape index (κ3) is 3.91. The van der Waals surface area contributed by atoms with E-state index in [0.717, 1.165) is 11.1 Å². The number of nitrogens with zero attached hydrogens (tertiary/aromatic N) is 2. The Kier molecular flexibility index (Phi) is 5.12. The highest BCUT2D eigenvalue weighted by molar-refractivity contribution is 7.89. The number of piperazine rings is 1. The number of aryl methyl sites for hydroxylation is 2. The van der Waals surface area contributed by atoms with E-state index in [-0.39, 0.29) is 10.8 Å². The maximum atomic E-state index is 12.9. The zero-order chi connectivity index (χ0) is 19.8. The molecule has 1 fully saturated rings. The molecule has 0 aliphatic carbocycles. The summed E-state index contributed by atoms with van der Waals surface area (Å²) >= 11 is 0. The van der Waals surface area contributed by atoms with Crippen LogP contribution in [0.25, 0.3) is 0 Å². The van der Waals surface area contributed by atoms with Crippen LogP contribution in [0.1, 0.15) is 21.5 Å². The van der Waals surface area contributed by atoms with Crippen molar-refractivity contribution in [1.29, 1.82) is 0 Å². The van der Waals surface area contributed by atoms with Gasteiger partial charge in [0.25, 0.3) is 5.91 Å². The molecule has 0 unspecified atom stereocenters. The van der Waals surface area contributed by atoms with Gasteiger partial charge < -0.3 is 15.5 Å². The van der Waals surface area contributed by atoms with E-state index >= 15 is 0 Å². The highest BCUT2D eigenvalue weighted by atomic mass is 32.2. The van der Waals surface area contributed by atoms with Gasteiger partial charge in [0.15, 0.2) is 0 Å². The largest absolute Gasteiger partial charge is 0.398 e. The second-order valence-corrected chi connectivity index (χ2v) is 8.35. The van der Waals surface area contributed by atoms with Crippen LogP contribution >= 0.6 is 0 Å². The number of amides is 1. The number of benzene rings is 2. The summed E-state index contributed by atoms with van der Waals surface area (Å²) in [6.45, 7) is 5.85. The number of hydrogen-bond acceptors (Lipinski definition) is 5. The molecule has 1 heterocycles. The molecule has 0 radical (unpaired) electrons. The van der Waals surface area contributed by atoms with Gasteiger partial charge in [0.2, 0.25) is 10.0 Å². The Labute approximate surface area is 159 Å². The molecule has 0 aromatic heterocycles. The topological polar surface area (TPSA) is 110 Å². The van der Waals surface area contributed by atoms with Gasteiger partial charge in [-0.05, 0) is 43.2 Å². The van der Waals surface area contributed by atoms with Crippen molar-refractivity contribution in [2.24, 2.45) is 5.14 Å². The van der Waals surface area contributed by atoms with Crippen molar-refractivity contribution >= 4 is 27.3 Å². The summed E-state index contributed by atoms with van der Waals surface area (Å²) in [7, 11) is -3.81. The summed E-state index contributed by atoms with van der Waals surface area (Å²) in [4.78, 5) is 16.7. The zero-order valence-electron chi connectivity index (χ0n) is 15.5. The van der Waals surface area contributed by atoms with Crippen molar-refractivity contribution < 1.29 is 13.2 Å². The molecule has 1 amide bonds. The molecule has 2 aromatic rings. The van der Waals surface area contributed by atoms with Crippen molar-refractivity contribution in [3.8, 4) is 0 Å². The molecule has 7 nitrogen and oxygen atoms in total. The van der Waals surface area contributed by atoms with Gasteiger partial charge in [-0.1, -0.05) is 18.2 Å². The van der Waals surface area contributed by atoms with E-state index < -0.39 is 10.0 Å². The van der Waals surface area contributed by atoms with Gasteiger partial charge in [-0.15, -0.1) is 0 Å². The molecule has 4 N–H and O–H groups in total. The lowest BCUT2D eigenvalue weighted by molar-refractivity contribution is 0.0746. The summed E-state index contributed by atoms with van der Waals surface area (Å²) in [5.74, 6) is -0.0569. The van der Waals surface area contributed by atoms with Gasteiger partial charge in [0.1, 0.15) is 4.90 Å². The Balaban J connectivity index is 1.77. The average Bonchev–Trinajstić information content (AvgIpc) is 2.63. The predicted molar refractivity (Wildman–Crippen MR) is 106 cm³/mol. The smallest absolute Gasteiger partial charge is 0.254 e. The van der Waals surface area contributed by atoms with Gasteiger partial charge in [-0.2, -0.15) is 0 Å². The molecule has 3 rings (SSSR count). The van der Waals surface area contributed by atoms with Gasteiger partial charge in [0.05, 0.1) is 5.69 Å². The minimum Gasteiger partial charge on any atom is -0.398 e. The van der Waals surface area contributed by atoms with Crippen molar-refractivity contribution in [2.45, 2.75) is 18.7 Å². The normalized spacial score (nSPS) is 15.1. The summed E-state index contributed by atoms with van der Waals surface area (Å²) in [5, 5.41) is 5.33. The molecule has 0 saturated carbocycles. The maximum absolute atomic E-state index is 12.9. The minimum atomic E-state index is -3.81. The van der Waals surface area contributed by atoms with Crippen LogP contribution in [0.2, 0.25) is 0 Å². The van der Waals surface area contributed by atoms with Gasteiger partial charge in [-0.3, -0.25) is 4.79 Å². The number of hydrogen-bond donors (Lipinski definition) is 2. The number of carbonyl (C=O) groups excluding carboxylic acids is 1. The lowest BCUT2D eigenvalue weighted by Crippen LogP contribution is -2.49. The molecular formula is C19H24N4O3S. The lowest BCUT2D eigenvalue weighted by Gasteiger charge is -2.37. The molecule has 1 aliphatic heterocycles. The molecule has 1 saturated heterocycles. The Morgan fingerprint density at radius 2 is 1.63 bits per heavy atom. The van der Waals surface area contributed by atoms with E-state index in [1.165, 1.54) is 6.07 Å². The van der Waals surface area contributed by atoms with E-state index in [4.69, 9.17) is 10.9 Å². The molecule has 2 aromatic carbocycles. The summed E-state index contributed by atoms with van der Waals surface area (Å²) in [6, 6.07) is 10.3. The number of nitrogen functional groups attached to an aromatic ring is 1. The van der Waals surface area contributed by atoms with Crippen LogP contribution in [0, 0.1) is 13.8 Å². The first kappa shape index (κ1) is 19.2. The standard InChI is InChI=1S/C19H24N4O3S/c1-13-11-14(2)16(20)12-15(13)19(24)23-9-7-22(8-10-23)17-5-3-4-6-18(17)27(21,25)26/h3-6,11-12H,7-10,20H2,1-2H3,(H2,21,25,26). The molecule has 8 heteroatoms. The first-order chi connectivity index (χ1) is 12.7. The molecule has 0 spiro atoms. The van der Waals surface area contributed by atoms with Gasteiger partial charge in [-0.25, -0.2) is 13.6 Å². The van der Waals surface area contributed by atoms with Crippen molar-refractivity contribution in [2.75, 3.05) is 36.8 Å². The van der Waals surface area contributed by atoms with Gasteiger partial charge >= 0.3 is 0 Å². The quantitative estimate of drug-likeness (QED) is 0.774. The number of primary sulfonamides is 1. The van der Waals surface area contributed by atoms with E-state index in [1.807, 2.05) is 24.8 Å². The van der Waals surface area contributed by atoms with Gasteiger partial charge in [0, 0.05) is 37.4 Å². The Bertz CT molecular complexity index is 980. The average molecular weight is 388 g/mol. The fourth-order valence-corrected chi connectivity index (χ4v) is 4.14. The predicted octanol–water partition coefficient (Wildman–Crippen LogP) is 1.50. The van der Waals surface area contributed by atoms with Crippen LogP contribution < -0.4 is 15.8 Å². The maximum Gasteiger partial charge on any atom is 0.254 e. The van der Waals surface area contributed by atoms with Crippen LogP contribution in [0.4, 0.5) is 11.4 Å². The number of rotatable bonds is 3. The number of sulfonamides is 1. The molecular weight excluding hydrogens is 364 g/mol. The Morgan fingerprint density at radius 3 is 2.26 bits per heavy atom.